The third-order valence-corrected chi connectivity index (χ3v) is 6.07. The summed E-state index contributed by atoms with van der Waals surface area (Å²) in [5.74, 6) is 3.61. The number of aliphatic carboxylic acids is 1. The summed E-state index contributed by atoms with van der Waals surface area (Å²) in [6.07, 6.45) is 7.26. The lowest BCUT2D eigenvalue weighted by molar-refractivity contribution is -0.136. The molecule has 0 aromatic carbocycles. The van der Waals surface area contributed by atoms with Crippen molar-refractivity contribution in [3.05, 3.63) is 23.0 Å². The Morgan fingerprint density at radius 2 is 1.80 bits per heavy atom. The molecule has 4 saturated carbocycles. The van der Waals surface area contributed by atoms with Crippen molar-refractivity contribution in [1.82, 2.24) is 4.98 Å². The Bertz CT molecular complexity index is 517. The molecule has 1 aromatic rings. The molecule has 0 amide bonds. The first-order chi connectivity index (χ1) is 9.60. The second-order valence-corrected chi connectivity index (χ2v) is 7.40. The van der Waals surface area contributed by atoms with Crippen LogP contribution in [-0.2, 0) is 11.2 Å². The van der Waals surface area contributed by atoms with Crippen LogP contribution in [0.25, 0.3) is 0 Å². The lowest BCUT2D eigenvalue weighted by Crippen LogP contribution is -2.43. The molecule has 4 bridgehead atoms. The number of aryl methyl sites for hydroxylation is 1. The monoisotopic (exact) mass is 273 g/mol. The molecule has 3 heteroatoms. The number of aromatic nitrogens is 1. The molecule has 0 spiro atoms. The number of carbonyl (C=O) groups is 1. The smallest absolute Gasteiger partial charge is 0.307 e. The number of carboxylic acid groups (broad SMARTS) is 1. The van der Waals surface area contributed by atoms with E-state index in [4.69, 9.17) is 5.11 Å². The number of nitrogens with one attached hydrogen (secondary N) is 1. The molecule has 0 radical (unpaired) electrons. The van der Waals surface area contributed by atoms with Crippen LogP contribution in [0.2, 0.25) is 0 Å². The molecule has 2 N–H and O–H groups in total. The van der Waals surface area contributed by atoms with Gasteiger partial charge in [-0.05, 0) is 74.3 Å². The lowest BCUT2D eigenvalue weighted by Gasteiger charge is -2.54. The van der Waals surface area contributed by atoms with Gasteiger partial charge in [-0.2, -0.15) is 0 Å². The maximum atomic E-state index is 10.9. The molecule has 0 aliphatic heterocycles. The van der Waals surface area contributed by atoms with E-state index < -0.39 is 5.97 Å². The SMILES string of the molecule is Cc1[nH]c(C2C3CC4CC(C3)CC2C4)cc1CC(=O)O. The number of carboxylic acids is 1. The van der Waals surface area contributed by atoms with Gasteiger partial charge in [0.1, 0.15) is 0 Å². The van der Waals surface area contributed by atoms with Gasteiger partial charge < -0.3 is 10.1 Å². The van der Waals surface area contributed by atoms with Crippen LogP contribution in [0.3, 0.4) is 0 Å². The summed E-state index contributed by atoms with van der Waals surface area (Å²) in [5, 5.41) is 9.00. The van der Waals surface area contributed by atoms with E-state index in [2.05, 4.69) is 11.1 Å². The van der Waals surface area contributed by atoms with E-state index in [1.807, 2.05) is 6.92 Å². The third-order valence-electron chi connectivity index (χ3n) is 6.07. The van der Waals surface area contributed by atoms with Crippen LogP contribution in [0.4, 0.5) is 0 Å². The Kier molecular flexibility index (Phi) is 2.73. The zero-order valence-electron chi connectivity index (χ0n) is 12.1. The van der Waals surface area contributed by atoms with Crippen molar-refractivity contribution in [2.45, 2.75) is 51.4 Å². The summed E-state index contributed by atoms with van der Waals surface area (Å²) in [5.41, 5.74) is 3.35. The molecule has 3 nitrogen and oxygen atoms in total. The minimum absolute atomic E-state index is 0.148. The highest BCUT2D eigenvalue weighted by atomic mass is 16.4. The van der Waals surface area contributed by atoms with E-state index in [0.29, 0.717) is 5.92 Å². The minimum atomic E-state index is -0.733. The standard InChI is InChI=1S/C17H23NO2/c1-9-12(8-16(19)20)7-15(18-9)17-13-3-10-2-11(5-13)6-14(17)4-10/h7,10-11,13-14,17-18H,2-6,8H2,1H3,(H,19,20). The molecule has 4 aliphatic carbocycles. The molecule has 20 heavy (non-hydrogen) atoms. The fourth-order valence-electron chi connectivity index (χ4n) is 5.59. The Balaban J connectivity index is 1.63. The summed E-state index contributed by atoms with van der Waals surface area (Å²) in [4.78, 5) is 14.5. The molecular weight excluding hydrogens is 250 g/mol. The van der Waals surface area contributed by atoms with Crippen LogP contribution < -0.4 is 0 Å². The molecule has 108 valence electrons. The van der Waals surface area contributed by atoms with Crippen molar-refractivity contribution < 1.29 is 9.90 Å². The Morgan fingerprint density at radius 3 is 2.35 bits per heavy atom. The summed E-state index contributed by atoms with van der Waals surface area (Å²) in [6.45, 7) is 2.01. The third kappa shape index (κ3) is 1.90. The van der Waals surface area contributed by atoms with Crippen LogP contribution >= 0.6 is 0 Å². The quantitative estimate of drug-likeness (QED) is 0.885. The van der Waals surface area contributed by atoms with Gasteiger partial charge in [-0.25, -0.2) is 0 Å². The van der Waals surface area contributed by atoms with Crippen molar-refractivity contribution in [3.8, 4) is 0 Å². The second kappa shape index (κ2) is 4.37. The molecule has 4 aliphatic rings. The average Bonchev–Trinajstić information content (AvgIpc) is 2.68. The van der Waals surface area contributed by atoms with E-state index in [1.54, 1.807) is 0 Å². The first-order valence-corrected chi connectivity index (χ1v) is 8.00. The number of aromatic amines is 1. The summed E-state index contributed by atoms with van der Waals surface area (Å²) >= 11 is 0. The number of hydrogen-bond acceptors (Lipinski definition) is 1. The van der Waals surface area contributed by atoms with Gasteiger partial charge >= 0.3 is 5.97 Å². The molecule has 5 rings (SSSR count). The van der Waals surface area contributed by atoms with E-state index in [9.17, 15) is 4.79 Å². The normalized spacial score (nSPS) is 38.4. The van der Waals surface area contributed by atoms with E-state index in [-0.39, 0.29) is 6.42 Å². The molecule has 1 heterocycles. The molecule has 1 aromatic heterocycles. The van der Waals surface area contributed by atoms with Gasteiger partial charge in [0.2, 0.25) is 0 Å². The van der Waals surface area contributed by atoms with Crippen molar-refractivity contribution in [3.63, 3.8) is 0 Å². The Morgan fingerprint density at radius 1 is 1.20 bits per heavy atom. The second-order valence-electron chi connectivity index (χ2n) is 7.40. The lowest BCUT2D eigenvalue weighted by atomic mass is 9.51. The van der Waals surface area contributed by atoms with E-state index in [0.717, 1.165) is 34.9 Å². The largest absolute Gasteiger partial charge is 0.481 e. The fraction of sp³-hybridized carbons (Fsp3) is 0.706. The van der Waals surface area contributed by atoms with Crippen molar-refractivity contribution in [2.24, 2.45) is 23.7 Å². The Labute approximate surface area is 119 Å². The number of hydrogen-bond donors (Lipinski definition) is 2. The van der Waals surface area contributed by atoms with Crippen LogP contribution in [-0.4, -0.2) is 16.1 Å². The van der Waals surface area contributed by atoms with Crippen LogP contribution in [0, 0.1) is 30.6 Å². The molecule has 0 unspecified atom stereocenters. The van der Waals surface area contributed by atoms with E-state index in [1.165, 1.54) is 37.8 Å². The fourth-order valence-corrected chi connectivity index (χ4v) is 5.59. The summed E-state index contributed by atoms with van der Waals surface area (Å²) < 4.78 is 0. The van der Waals surface area contributed by atoms with Gasteiger partial charge in [-0.15, -0.1) is 0 Å². The molecular formula is C17H23NO2. The van der Waals surface area contributed by atoms with Gasteiger partial charge in [0.05, 0.1) is 6.42 Å². The maximum absolute atomic E-state index is 10.9. The average molecular weight is 273 g/mol. The van der Waals surface area contributed by atoms with Gasteiger partial charge in [0, 0.05) is 17.3 Å². The first-order valence-electron chi connectivity index (χ1n) is 8.00. The van der Waals surface area contributed by atoms with Crippen molar-refractivity contribution in [1.29, 1.82) is 0 Å². The highest BCUT2D eigenvalue weighted by Crippen LogP contribution is 2.59. The van der Waals surface area contributed by atoms with Crippen LogP contribution in [0.15, 0.2) is 6.07 Å². The Hall–Kier alpha value is -1.25. The molecule has 0 saturated heterocycles. The van der Waals surface area contributed by atoms with Gasteiger partial charge in [0.15, 0.2) is 0 Å². The maximum Gasteiger partial charge on any atom is 0.307 e. The topological polar surface area (TPSA) is 53.1 Å². The van der Waals surface area contributed by atoms with Gasteiger partial charge in [-0.1, -0.05) is 0 Å². The van der Waals surface area contributed by atoms with Crippen molar-refractivity contribution in [2.75, 3.05) is 0 Å². The van der Waals surface area contributed by atoms with Crippen LogP contribution in [0.1, 0.15) is 55.0 Å². The number of rotatable bonds is 3. The highest BCUT2D eigenvalue weighted by Gasteiger charge is 2.49. The zero-order valence-corrected chi connectivity index (χ0v) is 12.1. The van der Waals surface area contributed by atoms with E-state index >= 15 is 0 Å². The minimum Gasteiger partial charge on any atom is -0.481 e. The summed E-state index contributed by atoms with van der Waals surface area (Å²) in [6, 6.07) is 2.15. The van der Waals surface area contributed by atoms with Gasteiger partial charge in [0.25, 0.3) is 0 Å². The predicted octanol–water partition coefficient (Wildman–Crippen LogP) is 3.49. The zero-order chi connectivity index (χ0) is 13.9. The number of H-pyrrole nitrogens is 1. The van der Waals surface area contributed by atoms with Crippen LogP contribution in [0.5, 0.6) is 0 Å². The highest BCUT2D eigenvalue weighted by molar-refractivity contribution is 5.70. The van der Waals surface area contributed by atoms with Crippen molar-refractivity contribution >= 4 is 5.97 Å². The predicted molar refractivity (Wildman–Crippen MR) is 76.7 cm³/mol. The molecule has 0 atom stereocenters. The van der Waals surface area contributed by atoms with Gasteiger partial charge in [-0.3, -0.25) is 4.79 Å². The molecule has 4 fully saturated rings. The first kappa shape index (κ1) is 12.5. The summed E-state index contributed by atoms with van der Waals surface area (Å²) in [7, 11) is 0.